The van der Waals surface area contributed by atoms with E-state index in [0.29, 0.717) is 5.69 Å². The molecule has 0 saturated carbocycles. The fourth-order valence-electron chi connectivity index (χ4n) is 1.64. The number of hydrogen-bond acceptors (Lipinski definition) is 4. The van der Waals surface area contributed by atoms with Crippen LogP contribution in [0.2, 0.25) is 0 Å². The predicted molar refractivity (Wildman–Crippen MR) is 71.0 cm³/mol. The van der Waals surface area contributed by atoms with Crippen LogP contribution in [-0.4, -0.2) is 17.0 Å². The summed E-state index contributed by atoms with van der Waals surface area (Å²) in [7, 11) is 1.50. The number of nitrogens with one attached hydrogen (secondary N) is 2. The molecule has 106 valence electrons. The molecule has 0 amide bonds. The van der Waals surface area contributed by atoms with E-state index in [4.69, 9.17) is 0 Å². The molecule has 1 aromatic carbocycles. The Labute approximate surface area is 114 Å². The smallest absolute Gasteiger partial charge is 0.373 e. The van der Waals surface area contributed by atoms with Gasteiger partial charge in [-0.2, -0.15) is 13.2 Å². The number of anilines is 3. The molecule has 0 aliphatic carbocycles. The zero-order valence-corrected chi connectivity index (χ0v) is 10.9. The molecule has 0 fully saturated rings. The van der Waals surface area contributed by atoms with Gasteiger partial charge in [0, 0.05) is 18.8 Å². The van der Waals surface area contributed by atoms with Crippen molar-refractivity contribution in [1.29, 1.82) is 0 Å². The van der Waals surface area contributed by atoms with Gasteiger partial charge in [-0.3, -0.25) is 0 Å². The van der Waals surface area contributed by atoms with Crippen LogP contribution in [0.4, 0.5) is 30.5 Å². The van der Waals surface area contributed by atoms with Gasteiger partial charge in [-0.15, -0.1) is 0 Å². The van der Waals surface area contributed by atoms with Crippen molar-refractivity contribution in [3.63, 3.8) is 0 Å². The highest BCUT2D eigenvalue weighted by Crippen LogP contribution is 2.29. The van der Waals surface area contributed by atoms with Crippen molar-refractivity contribution in [3.8, 4) is 0 Å². The van der Waals surface area contributed by atoms with Crippen LogP contribution in [0.15, 0.2) is 30.3 Å². The summed E-state index contributed by atoms with van der Waals surface area (Å²) in [6, 6.07) is 8.68. The summed E-state index contributed by atoms with van der Waals surface area (Å²) < 4.78 is 38.1. The highest BCUT2D eigenvalue weighted by Gasteiger charge is 2.35. The van der Waals surface area contributed by atoms with Gasteiger partial charge in [0.05, 0.1) is 0 Å². The Kier molecular flexibility index (Phi) is 3.78. The molecular formula is C13H13F3N4. The second-order valence-electron chi connectivity index (χ2n) is 4.20. The summed E-state index contributed by atoms with van der Waals surface area (Å²) in [5.41, 5.74) is 1.66. The Bertz CT molecular complexity index is 611. The van der Waals surface area contributed by atoms with Crippen LogP contribution in [-0.2, 0) is 6.18 Å². The molecule has 2 rings (SSSR count). The van der Waals surface area contributed by atoms with Crippen molar-refractivity contribution < 1.29 is 13.2 Å². The number of halogens is 3. The minimum absolute atomic E-state index is 0.0854. The third kappa shape index (κ3) is 3.37. The Hall–Kier alpha value is -2.31. The summed E-state index contributed by atoms with van der Waals surface area (Å²) in [6.45, 7) is 1.89. The Morgan fingerprint density at radius 1 is 1.05 bits per heavy atom. The highest BCUT2D eigenvalue weighted by molar-refractivity contribution is 5.59. The lowest BCUT2D eigenvalue weighted by Crippen LogP contribution is -2.13. The average Bonchev–Trinajstić information content (AvgIpc) is 2.37. The molecule has 0 radical (unpaired) electrons. The van der Waals surface area contributed by atoms with E-state index in [-0.39, 0.29) is 11.6 Å². The zero-order valence-electron chi connectivity index (χ0n) is 10.9. The molecule has 1 aromatic heterocycles. The minimum Gasteiger partial charge on any atom is -0.373 e. The molecule has 0 unspecified atom stereocenters. The number of aromatic nitrogens is 2. The lowest BCUT2D eigenvalue weighted by molar-refractivity contribution is -0.144. The van der Waals surface area contributed by atoms with E-state index in [9.17, 15) is 13.2 Å². The van der Waals surface area contributed by atoms with Crippen molar-refractivity contribution in [2.24, 2.45) is 0 Å². The van der Waals surface area contributed by atoms with Gasteiger partial charge in [-0.05, 0) is 24.6 Å². The second kappa shape index (κ2) is 5.36. The van der Waals surface area contributed by atoms with E-state index in [0.717, 1.165) is 5.56 Å². The Morgan fingerprint density at radius 2 is 1.75 bits per heavy atom. The summed E-state index contributed by atoms with van der Waals surface area (Å²) in [5.74, 6) is -0.996. The van der Waals surface area contributed by atoms with E-state index in [1.54, 1.807) is 6.07 Å². The second-order valence-corrected chi connectivity index (χ2v) is 4.20. The molecule has 0 bridgehead atoms. The van der Waals surface area contributed by atoms with Gasteiger partial charge in [0.25, 0.3) is 0 Å². The molecule has 0 spiro atoms. The third-order valence-corrected chi connectivity index (χ3v) is 2.53. The first-order chi connectivity index (χ1) is 9.38. The standard InChI is InChI=1S/C13H13F3N4/c1-8-4-3-5-9(6-8)18-11-7-10(17-2)19-12(20-11)13(14,15)16/h3-7H,1-2H3,(H2,17,18,19,20). The number of nitrogens with zero attached hydrogens (tertiary/aromatic N) is 2. The summed E-state index contributed by atoms with van der Waals surface area (Å²) in [5, 5.41) is 5.43. The summed E-state index contributed by atoms with van der Waals surface area (Å²) in [6.07, 6.45) is -4.59. The fourth-order valence-corrected chi connectivity index (χ4v) is 1.64. The van der Waals surface area contributed by atoms with Crippen molar-refractivity contribution >= 4 is 17.3 Å². The van der Waals surface area contributed by atoms with Crippen molar-refractivity contribution in [1.82, 2.24) is 9.97 Å². The molecule has 2 N–H and O–H groups in total. The zero-order chi connectivity index (χ0) is 14.8. The lowest BCUT2D eigenvalue weighted by atomic mass is 10.2. The molecule has 4 nitrogen and oxygen atoms in total. The van der Waals surface area contributed by atoms with E-state index >= 15 is 0 Å². The van der Waals surface area contributed by atoms with Gasteiger partial charge in [-0.1, -0.05) is 12.1 Å². The van der Waals surface area contributed by atoms with Crippen LogP contribution in [0.25, 0.3) is 0 Å². The van der Waals surface area contributed by atoms with E-state index < -0.39 is 12.0 Å². The number of alkyl halides is 3. The first-order valence-corrected chi connectivity index (χ1v) is 5.86. The molecule has 20 heavy (non-hydrogen) atoms. The van der Waals surface area contributed by atoms with Crippen LogP contribution >= 0.6 is 0 Å². The van der Waals surface area contributed by atoms with E-state index in [2.05, 4.69) is 20.6 Å². The molecule has 0 saturated heterocycles. The minimum atomic E-state index is -4.59. The van der Waals surface area contributed by atoms with Crippen LogP contribution in [0.5, 0.6) is 0 Å². The van der Waals surface area contributed by atoms with Crippen molar-refractivity contribution in [2.75, 3.05) is 17.7 Å². The van der Waals surface area contributed by atoms with Crippen LogP contribution in [0, 0.1) is 6.92 Å². The maximum absolute atomic E-state index is 12.7. The molecule has 1 heterocycles. The topological polar surface area (TPSA) is 49.8 Å². The monoisotopic (exact) mass is 282 g/mol. The summed E-state index contributed by atoms with van der Waals surface area (Å²) >= 11 is 0. The van der Waals surface area contributed by atoms with E-state index in [1.165, 1.54) is 13.1 Å². The highest BCUT2D eigenvalue weighted by atomic mass is 19.4. The number of benzene rings is 1. The fraction of sp³-hybridized carbons (Fsp3) is 0.231. The molecular weight excluding hydrogens is 269 g/mol. The van der Waals surface area contributed by atoms with E-state index in [1.807, 2.05) is 25.1 Å². The third-order valence-electron chi connectivity index (χ3n) is 2.53. The largest absolute Gasteiger partial charge is 0.451 e. The summed E-state index contributed by atoms with van der Waals surface area (Å²) in [4.78, 5) is 6.89. The SMILES string of the molecule is CNc1cc(Nc2cccc(C)c2)nc(C(F)(F)F)n1. The molecule has 0 aliphatic heterocycles. The first kappa shape index (κ1) is 14.1. The van der Waals surface area contributed by atoms with Gasteiger partial charge in [0.15, 0.2) is 0 Å². The molecule has 7 heteroatoms. The maximum Gasteiger partial charge on any atom is 0.451 e. The molecule has 0 atom stereocenters. The van der Waals surface area contributed by atoms with Gasteiger partial charge < -0.3 is 10.6 Å². The lowest BCUT2D eigenvalue weighted by Gasteiger charge is -2.11. The van der Waals surface area contributed by atoms with Crippen LogP contribution < -0.4 is 10.6 Å². The first-order valence-electron chi connectivity index (χ1n) is 5.86. The normalized spacial score (nSPS) is 11.2. The Morgan fingerprint density at radius 3 is 2.35 bits per heavy atom. The Balaban J connectivity index is 2.36. The van der Waals surface area contributed by atoms with Gasteiger partial charge in [-0.25, -0.2) is 9.97 Å². The average molecular weight is 282 g/mol. The van der Waals surface area contributed by atoms with Crippen LogP contribution in [0.1, 0.15) is 11.4 Å². The van der Waals surface area contributed by atoms with Gasteiger partial charge >= 0.3 is 6.18 Å². The molecule has 0 aliphatic rings. The number of aryl methyl sites for hydroxylation is 1. The van der Waals surface area contributed by atoms with Gasteiger partial charge in [0.1, 0.15) is 11.6 Å². The number of hydrogen-bond donors (Lipinski definition) is 2. The number of rotatable bonds is 3. The van der Waals surface area contributed by atoms with Crippen LogP contribution in [0.3, 0.4) is 0 Å². The maximum atomic E-state index is 12.7. The molecule has 2 aromatic rings. The predicted octanol–water partition coefficient (Wildman–Crippen LogP) is 3.59. The quantitative estimate of drug-likeness (QED) is 0.903. The van der Waals surface area contributed by atoms with Crippen molar-refractivity contribution in [2.45, 2.75) is 13.1 Å². The van der Waals surface area contributed by atoms with Gasteiger partial charge in [0.2, 0.25) is 5.82 Å². The van der Waals surface area contributed by atoms with Crippen molar-refractivity contribution in [3.05, 3.63) is 41.7 Å².